The monoisotopic (exact) mass is 234 g/mol. The summed E-state index contributed by atoms with van der Waals surface area (Å²) in [5.74, 6) is -0.0712. The van der Waals surface area contributed by atoms with Gasteiger partial charge in [0, 0.05) is 19.1 Å². The zero-order valence-electron chi connectivity index (χ0n) is 10.3. The van der Waals surface area contributed by atoms with Crippen molar-refractivity contribution >= 4 is 5.91 Å². The Morgan fingerprint density at radius 2 is 2.12 bits per heavy atom. The third kappa shape index (κ3) is 3.49. The molecule has 1 aromatic rings. The summed E-state index contributed by atoms with van der Waals surface area (Å²) in [6, 6.07) is 2.45. The van der Waals surface area contributed by atoms with Crippen molar-refractivity contribution in [3.05, 3.63) is 23.0 Å². The standard InChI is InChI=1S/C12H18N4O/c1-8-7-11(9(2)16-15-8)12(17)14-6-5-13-10-3-4-10/h7,10,13H,3-6H2,1-2H3,(H,14,17). The summed E-state index contributed by atoms with van der Waals surface area (Å²) in [7, 11) is 0. The van der Waals surface area contributed by atoms with Crippen molar-refractivity contribution in [2.24, 2.45) is 0 Å². The number of carbonyl (C=O) groups is 1. The Bertz CT molecular complexity index is 415. The van der Waals surface area contributed by atoms with E-state index in [2.05, 4.69) is 20.8 Å². The van der Waals surface area contributed by atoms with Crippen LogP contribution < -0.4 is 10.6 Å². The van der Waals surface area contributed by atoms with Crippen LogP contribution in [0.1, 0.15) is 34.6 Å². The van der Waals surface area contributed by atoms with Gasteiger partial charge >= 0.3 is 0 Å². The lowest BCUT2D eigenvalue weighted by Crippen LogP contribution is -2.33. The molecule has 1 heterocycles. The van der Waals surface area contributed by atoms with Crippen LogP contribution in [0.3, 0.4) is 0 Å². The van der Waals surface area contributed by atoms with Gasteiger partial charge in [0.1, 0.15) is 0 Å². The van der Waals surface area contributed by atoms with Crippen LogP contribution in [0, 0.1) is 13.8 Å². The molecule has 5 nitrogen and oxygen atoms in total. The van der Waals surface area contributed by atoms with E-state index in [0.29, 0.717) is 23.8 Å². The van der Waals surface area contributed by atoms with Gasteiger partial charge in [-0.3, -0.25) is 4.79 Å². The van der Waals surface area contributed by atoms with E-state index in [1.165, 1.54) is 12.8 Å². The minimum absolute atomic E-state index is 0.0712. The highest BCUT2D eigenvalue weighted by molar-refractivity contribution is 5.95. The molecule has 0 saturated heterocycles. The van der Waals surface area contributed by atoms with Gasteiger partial charge in [-0.25, -0.2) is 0 Å². The number of hydrogen-bond donors (Lipinski definition) is 2. The highest BCUT2D eigenvalue weighted by Gasteiger charge is 2.19. The maximum atomic E-state index is 11.9. The molecule has 1 amide bonds. The van der Waals surface area contributed by atoms with E-state index in [9.17, 15) is 4.79 Å². The highest BCUT2D eigenvalue weighted by Crippen LogP contribution is 2.17. The Kier molecular flexibility index (Phi) is 3.68. The lowest BCUT2D eigenvalue weighted by molar-refractivity contribution is 0.0952. The third-order valence-corrected chi connectivity index (χ3v) is 2.77. The number of aromatic nitrogens is 2. The third-order valence-electron chi connectivity index (χ3n) is 2.77. The first-order valence-electron chi connectivity index (χ1n) is 5.99. The van der Waals surface area contributed by atoms with E-state index >= 15 is 0 Å². The molecule has 1 aliphatic carbocycles. The summed E-state index contributed by atoms with van der Waals surface area (Å²) in [6.07, 6.45) is 2.53. The van der Waals surface area contributed by atoms with Crippen LogP contribution in [-0.4, -0.2) is 35.2 Å². The van der Waals surface area contributed by atoms with Crippen LogP contribution in [-0.2, 0) is 0 Å². The highest BCUT2D eigenvalue weighted by atomic mass is 16.1. The van der Waals surface area contributed by atoms with Gasteiger partial charge in [-0.15, -0.1) is 0 Å². The first-order chi connectivity index (χ1) is 8.16. The Hall–Kier alpha value is -1.49. The van der Waals surface area contributed by atoms with E-state index in [4.69, 9.17) is 0 Å². The predicted molar refractivity (Wildman–Crippen MR) is 64.9 cm³/mol. The minimum Gasteiger partial charge on any atom is -0.351 e. The van der Waals surface area contributed by atoms with Crippen molar-refractivity contribution in [2.75, 3.05) is 13.1 Å². The number of hydrogen-bond acceptors (Lipinski definition) is 4. The van der Waals surface area contributed by atoms with E-state index in [1.807, 2.05) is 6.92 Å². The average molecular weight is 234 g/mol. The number of carbonyl (C=O) groups excluding carboxylic acids is 1. The van der Waals surface area contributed by atoms with Crippen LogP contribution in [0.25, 0.3) is 0 Å². The Labute approximate surface area is 101 Å². The van der Waals surface area contributed by atoms with Crippen LogP contribution in [0.15, 0.2) is 6.07 Å². The number of rotatable bonds is 5. The van der Waals surface area contributed by atoms with Crippen molar-refractivity contribution in [1.82, 2.24) is 20.8 Å². The fourth-order valence-electron chi connectivity index (χ4n) is 1.61. The van der Waals surface area contributed by atoms with Gasteiger partial charge in [0.15, 0.2) is 0 Å². The molecule has 1 saturated carbocycles. The summed E-state index contributed by atoms with van der Waals surface area (Å²) >= 11 is 0. The molecule has 1 aromatic heterocycles. The Morgan fingerprint density at radius 1 is 1.35 bits per heavy atom. The van der Waals surface area contributed by atoms with E-state index < -0.39 is 0 Å². The number of nitrogens with one attached hydrogen (secondary N) is 2. The van der Waals surface area contributed by atoms with Crippen molar-refractivity contribution in [3.63, 3.8) is 0 Å². The maximum absolute atomic E-state index is 11.9. The normalized spacial score (nSPS) is 14.7. The van der Waals surface area contributed by atoms with Gasteiger partial charge in [0.25, 0.3) is 5.91 Å². The maximum Gasteiger partial charge on any atom is 0.253 e. The molecule has 2 rings (SSSR count). The number of amides is 1. The molecule has 0 spiro atoms. The van der Waals surface area contributed by atoms with E-state index in [1.54, 1.807) is 13.0 Å². The van der Waals surface area contributed by atoms with E-state index in [0.717, 1.165) is 12.2 Å². The summed E-state index contributed by atoms with van der Waals surface area (Å²) < 4.78 is 0. The van der Waals surface area contributed by atoms with Crippen LogP contribution >= 0.6 is 0 Å². The summed E-state index contributed by atoms with van der Waals surface area (Å²) in [5, 5.41) is 14.1. The summed E-state index contributed by atoms with van der Waals surface area (Å²) in [6.45, 7) is 5.10. The van der Waals surface area contributed by atoms with Crippen LogP contribution in [0.2, 0.25) is 0 Å². The van der Waals surface area contributed by atoms with Gasteiger partial charge in [-0.2, -0.15) is 10.2 Å². The predicted octanol–water partition coefficient (Wildman–Crippen LogP) is 0.575. The molecule has 1 fully saturated rings. The van der Waals surface area contributed by atoms with Crippen molar-refractivity contribution in [2.45, 2.75) is 32.7 Å². The molecular weight excluding hydrogens is 216 g/mol. The molecule has 0 radical (unpaired) electrons. The fourth-order valence-corrected chi connectivity index (χ4v) is 1.61. The average Bonchev–Trinajstić information content (AvgIpc) is 3.11. The fraction of sp³-hybridized carbons (Fsp3) is 0.583. The molecule has 2 N–H and O–H groups in total. The number of aryl methyl sites for hydroxylation is 2. The molecule has 0 bridgehead atoms. The first kappa shape index (κ1) is 12.0. The topological polar surface area (TPSA) is 66.9 Å². The SMILES string of the molecule is Cc1cc(C(=O)NCCNC2CC2)c(C)nn1. The smallest absolute Gasteiger partial charge is 0.253 e. The van der Waals surface area contributed by atoms with Crippen molar-refractivity contribution < 1.29 is 4.79 Å². The van der Waals surface area contributed by atoms with Crippen LogP contribution in [0.5, 0.6) is 0 Å². The lowest BCUT2D eigenvalue weighted by atomic mass is 10.2. The van der Waals surface area contributed by atoms with Crippen LogP contribution in [0.4, 0.5) is 0 Å². The van der Waals surface area contributed by atoms with Gasteiger partial charge in [0.2, 0.25) is 0 Å². The van der Waals surface area contributed by atoms with Gasteiger partial charge in [-0.05, 0) is 32.8 Å². The molecule has 5 heteroatoms. The molecule has 92 valence electrons. The largest absolute Gasteiger partial charge is 0.351 e. The quantitative estimate of drug-likeness (QED) is 0.731. The molecular formula is C12H18N4O. The summed E-state index contributed by atoms with van der Waals surface area (Å²) in [5.41, 5.74) is 2.05. The van der Waals surface area contributed by atoms with Crippen molar-refractivity contribution in [3.8, 4) is 0 Å². The Morgan fingerprint density at radius 3 is 2.82 bits per heavy atom. The molecule has 0 aliphatic heterocycles. The number of nitrogens with zero attached hydrogens (tertiary/aromatic N) is 2. The second kappa shape index (κ2) is 5.23. The van der Waals surface area contributed by atoms with Gasteiger partial charge in [-0.1, -0.05) is 0 Å². The molecule has 1 aliphatic rings. The van der Waals surface area contributed by atoms with Crippen molar-refractivity contribution in [1.29, 1.82) is 0 Å². The lowest BCUT2D eigenvalue weighted by Gasteiger charge is -2.07. The molecule has 17 heavy (non-hydrogen) atoms. The summed E-state index contributed by atoms with van der Waals surface area (Å²) in [4.78, 5) is 11.9. The molecule has 0 atom stereocenters. The Balaban J connectivity index is 1.82. The van der Waals surface area contributed by atoms with E-state index in [-0.39, 0.29) is 5.91 Å². The minimum atomic E-state index is -0.0712. The second-order valence-electron chi connectivity index (χ2n) is 4.47. The van der Waals surface area contributed by atoms with Gasteiger partial charge in [0.05, 0.1) is 17.0 Å². The van der Waals surface area contributed by atoms with Gasteiger partial charge < -0.3 is 10.6 Å². The second-order valence-corrected chi connectivity index (χ2v) is 4.47. The first-order valence-corrected chi connectivity index (χ1v) is 5.99. The zero-order valence-corrected chi connectivity index (χ0v) is 10.3. The molecule has 0 aromatic carbocycles. The zero-order chi connectivity index (χ0) is 12.3. The molecule has 0 unspecified atom stereocenters.